The number of carbonyl (C=O) groups excluding carboxylic acids is 3. The van der Waals surface area contributed by atoms with Gasteiger partial charge in [-0.2, -0.15) is 0 Å². The number of hydrogen-bond acceptors (Lipinski definition) is 5. The van der Waals surface area contributed by atoms with E-state index in [4.69, 9.17) is 9.47 Å². The van der Waals surface area contributed by atoms with Gasteiger partial charge in [0.1, 0.15) is 5.60 Å². The smallest absolute Gasteiger partial charge is 0.407 e. The molecule has 1 aliphatic carbocycles. The lowest BCUT2D eigenvalue weighted by Gasteiger charge is -2.29. The number of rotatable bonds is 6. The van der Waals surface area contributed by atoms with Crippen LogP contribution in [-0.2, 0) is 19.1 Å². The Labute approximate surface area is 143 Å². The minimum atomic E-state index is -0.584. The highest BCUT2D eigenvalue weighted by Crippen LogP contribution is 2.23. The van der Waals surface area contributed by atoms with Crippen molar-refractivity contribution in [3.05, 3.63) is 0 Å². The molecule has 1 fully saturated rings. The van der Waals surface area contributed by atoms with Gasteiger partial charge in [-0.3, -0.25) is 9.59 Å². The van der Waals surface area contributed by atoms with Crippen LogP contribution >= 0.6 is 0 Å². The van der Waals surface area contributed by atoms with Gasteiger partial charge in [0.25, 0.3) is 5.91 Å². The molecular formula is C17H30N2O5. The van der Waals surface area contributed by atoms with Crippen molar-refractivity contribution in [2.24, 2.45) is 5.92 Å². The molecule has 0 spiro atoms. The highest BCUT2D eigenvalue weighted by molar-refractivity contribution is 5.81. The molecule has 0 aromatic rings. The lowest BCUT2D eigenvalue weighted by molar-refractivity contribution is -0.148. The van der Waals surface area contributed by atoms with E-state index in [1.807, 2.05) is 0 Å². The van der Waals surface area contributed by atoms with Crippen molar-refractivity contribution in [1.82, 2.24) is 10.6 Å². The quantitative estimate of drug-likeness (QED) is 0.721. The highest BCUT2D eigenvalue weighted by Gasteiger charge is 2.23. The Hall–Kier alpha value is -1.79. The minimum absolute atomic E-state index is 0.00759. The minimum Gasteiger partial charge on any atom is -0.456 e. The maximum Gasteiger partial charge on any atom is 0.407 e. The van der Waals surface area contributed by atoms with Crippen LogP contribution in [0.15, 0.2) is 0 Å². The molecule has 2 atom stereocenters. The van der Waals surface area contributed by atoms with Crippen molar-refractivity contribution in [3.63, 3.8) is 0 Å². The highest BCUT2D eigenvalue weighted by atomic mass is 16.6. The van der Waals surface area contributed by atoms with E-state index in [9.17, 15) is 14.4 Å². The Morgan fingerprint density at radius 2 is 1.79 bits per heavy atom. The van der Waals surface area contributed by atoms with Gasteiger partial charge in [-0.1, -0.05) is 19.8 Å². The Morgan fingerprint density at radius 3 is 2.42 bits per heavy atom. The molecule has 7 heteroatoms. The fourth-order valence-corrected chi connectivity index (χ4v) is 2.58. The summed E-state index contributed by atoms with van der Waals surface area (Å²) in [5.41, 5.74) is -0.584. The summed E-state index contributed by atoms with van der Waals surface area (Å²) >= 11 is 0. The van der Waals surface area contributed by atoms with Crippen LogP contribution in [0.3, 0.4) is 0 Å². The van der Waals surface area contributed by atoms with E-state index in [0.717, 1.165) is 19.3 Å². The lowest BCUT2D eigenvalue weighted by Crippen LogP contribution is -2.43. The molecule has 0 aromatic carbocycles. The Balaban J connectivity index is 2.14. The third-order valence-corrected chi connectivity index (χ3v) is 3.82. The maximum atomic E-state index is 11.8. The van der Waals surface area contributed by atoms with E-state index in [-0.39, 0.29) is 31.5 Å². The normalized spacial score (nSPS) is 20.8. The summed E-state index contributed by atoms with van der Waals surface area (Å²) in [5.74, 6) is -0.350. The third kappa shape index (κ3) is 8.74. The van der Waals surface area contributed by atoms with Crippen molar-refractivity contribution in [2.45, 2.75) is 71.4 Å². The van der Waals surface area contributed by atoms with Gasteiger partial charge >= 0.3 is 12.1 Å². The Bertz CT molecular complexity index is 445. The number of hydrogen-bond donors (Lipinski definition) is 2. The van der Waals surface area contributed by atoms with Crippen LogP contribution in [-0.4, -0.2) is 42.8 Å². The topological polar surface area (TPSA) is 93.7 Å². The van der Waals surface area contributed by atoms with Crippen molar-refractivity contribution in [2.75, 3.05) is 13.2 Å². The first kappa shape index (κ1) is 20.3. The molecule has 0 saturated heterocycles. The number of amides is 2. The van der Waals surface area contributed by atoms with E-state index >= 15 is 0 Å². The van der Waals surface area contributed by atoms with Crippen LogP contribution in [0.4, 0.5) is 4.79 Å². The first-order chi connectivity index (χ1) is 11.2. The zero-order chi connectivity index (χ0) is 18.2. The standard InChI is InChI=1S/C17H30N2O5/c1-12-7-5-6-8-13(12)19-14(20)11-23-15(21)9-10-18-16(22)24-17(2,3)4/h12-13H,5-11H2,1-4H3,(H,18,22)(H,19,20)/t12-,13+/m1/s1. The van der Waals surface area contributed by atoms with Crippen molar-refractivity contribution < 1.29 is 23.9 Å². The Morgan fingerprint density at radius 1 is 1.12 bits per heavy atom. The van der Waals surface area contributed by atoms with E-state index in [1.165, 1.54) is 6.42 Å². The van der Waals surface area contributed by atoms with Crippen molar-refractivity contribution in [1.29, 1.82) is 0 Å². The van der Waals surface area contributed by atoms with Crippen LogP contribution in [0, 0.1) is 5.92 Å². The molecule has 0 aromatic heterocycles. The zero-order valence-corrected chi connectivity index (χ0v) is 15.1. The number of alkyl carbamates (subject to hydrolysis) is 1. The summed E-state index contributed by atoms with van der Waals surface area (Å²) in [4.78, 5) is 34.8. The third-order valence-electron chi connectivity index (χ3n) is 3.82. The van der Waals surface area contributed by atoms with Crippen LogP contribution < -0.4 is 10.6 Å². The summed E-state index contributed by atoms with van der Waals surface area (Å²) in [5, 5.41) is 5.38. The molecule has 0 heterocycles. The summed E-state index contributed by atoms with van der Waals surface area (Å²) in [7, 11) is 0. The first-order valence-electron chi connectivity index (χ1n) is 8.59. The van der Waals surface area contributed by atoms with Gasteiger partial charge in [-0.25, -0.2) is 4.79 Å². The average Bonchev–Trinajstić information content (AvgIpc) is 2.45. The molecule has 0 aliphatic heterocycles. The number of ether oxygens (including phenoxy) is 2. The monoisotopic (exact) mass is 342 g/mol. The molecule has 1 saturated carbocycles. The van der Waals surface area contributed by atoms with Crippen LogP contribution in [0.5, 0.6) is 0 Å². The van der Waals surface area contributed by atoms with Crippen LogP contribution in [0.1, 0.15) is 59.8 Å². The van der Waals surface area contributed by atoms with Gasteiger partial charge < -0.3 is 20.1 Å². The molecule has 0 unspecified atom stereocenters. The van der Waals surface area contributed by atoms with Crippen molar-refractivity contribution >= 4 is 18.0 Å². The largest absolute Gasteiger partial charge is 0.456 e. The molecule has 7 nitrogen and oxygen atoms in total. The molecule has 1 rings (SSSR count). The van der Waals surface area contributed by atoms with E-state index < -0.39 is 17.7 Å². The first-order valence-corrected chi connectivity index (χ1v) is 8.59. The molecular weight excluding hydrogens is 312 g/mol. The molecule has 0 radical (unpaired) electrons. The number of esters is 1. The van der Waals surface area contributed by atoms with E-state index in [2.05, 4.69) is 17.6 Å². The molecule has 24 heavy (non-hydrogen) atoms. The van der Waals surface area contributed by atoms with Gasteiger partial charge in [0, 0.05) is 12.6 Å². The van der Waals surface area contributed by atoms with Gasteiger partial charge in [-0.15, -0.1) is 0 Å². The molecule has 138 valence electrons. The van der Waals surface area contributed by atoms with Gasteiger partial charge in [0.05, 0.1) is 6.42 Å². The summed E-state index contributed by atoms with van der Waals surface area (Å²) < 4.78 is 9.97. The van der Waals surface area contributed by atoms with E-state index in [1.54, 1.807) is 20.8 Å². The fraction of sp³-hybridized carbons (Fsp3) is 0.824. The number of carbonyl (C=O) groups is 3. The second-order valence-corrected chi connectivity index (χ2v) is 7.28. The fourth-order valence-electron chi connectivity index (χ4n) is 2.58. The molecule has 1 aliphatic rings. The lowest BCUT2D eigenvalue weighted by atomic mass is 9.86. The SMILES string of the molecule is C[C@@H]1CCCC[C@@H]1NC(=O)COC(=O)CCNC(=O)OC(C)(C)C. The second-order valence-electron chi connectivity index (χ2n) is 7.28. The average molecular weight is 342 g/mol. The van der Waals surface area contributed by atoms with Crippen LogP contribution in [0.25, 0.3) is 0 Å². The summed E-state index contributed by atoms with van der Waals surface area (Å²) in [6.45, 7) is 7.22. The van der Waals surface area contributed by atoms with Gasteiger partial charge in [-0.05, 0) is 39.5 Å². The zero-order valence-electron chi connectivity index (χ0n) is 15.1. The molecule has 2 N–H and O–H groups in total. The van der Waals surface area contributed by atoms with Gasteiger partial charge in [0.15, 0.2) is 6.61 Å². The predicted molar refractivity (Wildman–Crippen MR) is 89.4 cm³/mol. The summed E-state index contributed by atoms with van der Waals surface area (Å²) in [6.07, 6.45) is 3.81. The van der Waals surface area contributed by atoms with Crippen LogP contribution in [0.2, 0.25) is 0 Å². The molecule has 0 bridgehead atoms. The van der Waals surface area contributed by atoms with Crippen molar-refractivity contribution in [3.8, 4) is 0 Å². The molecule has 2 amide bonds. The van der Waals surface area contributed by atoms with Gasteiger partial charge in [0.2, 0.25) is 0 Å². The maximum absolute atomic E-state index is 11.8. The Kier molecular flexibility index (Phi) is 8.01. The number of nitrogens with one attached hydrogen (secondary N) is 2. The second kappa shape index (κ2) is 9.49. The predicted octanol–water partition coefficient (Wildman–Crippen LogP) is 2.14. The van der Waals surface area contributed by atoms with E-state index in [0.29, 0.717) is 5.92 Å². The summed E-state index contributed by atoms with van der Waals surface area (Å²) in [6, 6.07) is 0.166.